The molecular weight excluding hydrogens is 471 g/mol. The third-order valence-electron chi connectivity index (χ3n) is 5.53. The zero-order valence-corrected chi connectivity index (χ0v) is 20.4. The molecule has 1 atom stereocenters. The highest BCUT2D eigenvalue weighted by Crippen LogP contribution is 2.35. The summed E-state index contributed by atoms with van der Waals surface area (Å²) in [6.45, 7) is 1.57. The van der Waals surface area contributed by atoms with Crippen LogP contribution in [0.1, 0.15) is 27.8 Å². The topological polar surface area (TPSA) is 86.8 Å². The van der Waals surface area contributed by atoms with Crippen molar-refractivity contribution in [2.24, 2.45) is 0 Å². The molecule has 0 aliphatic rings. The molecule has 2 heterocycles. The second kappa shape index (κ2) is 10.1. The summed E-state index contributed by atoms with van der Waals surface area (Å²) in [6.07, 6.45) is 0. The van der Waals surface area contributed by atoms with Crippen LogP contribution in [0.4, 0.5) is 4.39 Å². The molecule has 180 valence electrons. The second-order valence-electron chi connectivity index (χ2n) is 7.64. The number of carbonyl (C=O) groups is 2. The maximum atomic E-state index is 14.2. The van der Waals surface area contributed by atoms with Gasteiger partial charge >= 0.3 is 0 Å². The minimum atomic E-state index is -0.899. The Morgan fingerprint density at radius 2 is 1.69 bits per heavy atom. The number of Topliss-reactive ketones (excluding diaryl/α,β-unsaturated/α-hetero) is 1. The normalized spacial score (nSPS) is 11.7. The summed E-state index contributed by atoms with van der Waals surface area (Å²) in [5, 5.41) is 5.21. The minimum absolute atomic E-state index is 0.0702. The molecule has 35 heavy (non-hydrogen) atoms. The number of hydrogen-bond acceptors (Lipinski definition) is 7. The number of benzene rings is 2. The number of carbonyl (C=O) groups excluding carboxylic acids is 2. The van der Waals surface area contributed by atoms with Crippen molar-refractivity contribution in [2.75, 3.05) is 21.3 Å². The Morgan fingerprint density at radius 1 is 0.971 bits per heavy atom. The average molecular weight is 495 g/mol. The van der Waals surface area contributed by atoms with Gasteiger partial charge in [-0.2, -0.15) is 0 Å². The maximum absolute atomic E-state index is 14.2. The highest BCUT2D eigenvalue weighted by atomic mass is 32.1. The highest BCUT2D eigenvalue weighted by molar-refractivity contribution is 7.17. The fourth-order valence-corrected chi connectivity index (χ4v) is 4.66. The molecule has 0 bridgehead atoms. The van der Waals surface area contributed by atoms with E-state index < -0.39 is 17.7 Å². The summed E-state index contributed by atoms with van der Waals surface area (Å²) in [6, 6.07) is 12.0. The highest BCUT2D eigenvalue weighted by Gasteiger charge is 2.24. The van der Waals surface area contributed by atoms with E-state index in [9.17, 15) is 14.0 Å². The fourth-order valence-electron chi connectivity index (χ4n) is 3.69. The van der Waals surface area contributed by atoms with Gasteiger partial charge in [0.15, 0.2) is 17.2 Å². The summed E-state index contributed by atoms with van der Waals surface area (Å²) in [5.41, 5.74) is 1.59. The van der Waals surface area contributed by atoms with Gasteiger partial charge in [-0.1, -0.05) is 12.1 Å². The lowest BCUT2D eigenvalue weighted by atomic mass is 10.1. The molecule has 0 saturated heterocycles. The van der Waals surface area contributed by atoms with Crippen molar-refractivity contribution >= 4 is 33.1 Å². The first kappa shape index (κ1) is 24.2. The quantitative estimate of drug-likeness (QED) is 0.342. The van der Waals surface area contributed by atoms with Gasteiger partial charge in [0.05, 0.1) is 37.8 Å². The number of thiophene rings is 1. The number of nitrogens with one attached hydrogen (secondary N) is 1. The van der Waals surface area contributed by atoms with Crippen LogP contribution < -0.4 is 19.5 Å². The van der Waals surface area contributed by atoms with Gasteiger partial charge in [0.2, 0.25) is 5.78 Å². The monoisotopic (exact) mass is 494 g/mol. The first-order valence-electron chi connectivity index (χ1n) is 10.7. The first-order chi connectivity index (χ1) is 16.9. The molecule has 2 aromatic heterocycles. The minimum Gasteiger partial charge on any atom is -0.494 e. The third kappa shape index (κ3) is 4.67. The van der Waals surface area contributed by atoms with E-state index in [4.69, 9.17) is 14.2 Å². The molecule has 0 aliphatic carbocycles. The lowest BCUT2D eigenvalue weighted by Gasteiger charge is -2.16. The Morgan fingerprint density at radius 3 is 2.40 bits per heavy atom. The van der Waals surface area contributed by atoms with E-state index in [-0.39, 0.29) is 17.3 Å². The van der Waals surface area contributed by atoms with E-state index in [1.165, 1.54) is 44.8 Å². The van der Waals surface area contributed by atoms with Gasteiger partial charge in [-0.05, 0) is 43.3 Å². The lowest BCUT2D eigenvalue weighted by Crippen LogP contribution is -2.39. The van der Waals surface area contributed by atoms with Crippen LogP contribution in [0.5, 0.6) is 17.2 Å². The van der Waals surface area contributed by atoms with E-state index in [1.807, 2.05) is 6.07 Å². The van der Waals surface area contributed by atoms with Gasteiger partial charge < -0.3 is 19.5 Å². The molecule has 1 unspecified atom stereocenters. The number of nitrogens with zero attached hydrogens (tertiary/aromatic N) is 1. The molecule has 0 radical (unpaired) electrons. The Hall–Kier alpha value is -3.98. The second-order valence-corrected chi connectivity index (χ2v) is 8.52. The molecule has 0 spiro atoms. The molecule has 1 N–H and O–H groups in total. The number of ketones is 1. The lowest BCUT2D eigenvalue weighted by molar-refractivity contribution is 0.0861. The molecular formula is C26H23FN2O5S. The number of ether oxygens (including phenoxy) is 3. The number of pyridine rings is 1. The zero-order chi connectivity index (χ0) is 25.1. The third-order valence-corrected chi connectivity index (χ3v) is 6.53. The van der Waals surface area contributed by atoms with Crippen molar-refractivity contribution in [3.63, 3.8) is 0 Å². The Kier molecular flexibility index (Phi) is 6.97. The number of methoxy groups -OCH3 is 3. The smallest absolute Gasteiger partial charge is 0.252 e. The SMILES string of the molecule is COc1ccc(C(=O)NC(C)C(=O)c2nc(-c3csc4c(F)cccc34)ccc2OC)cc1OC. The number of hydrogen-bond donors (Lipinski definition) is 1. The van der Waals surface area contributed by atoms with Crippen molar-refractivity contribution in [2.45, 2.75) is 13.0 Å². The Balaban J connectivity index is 1.62. The standard InChI is InChI=1S/C26H23FN2O5S/c1-14(28-26(31)15-8-10-20(32-2)22(12-15)34-4)24(30)23-21(33-3)11-9-19(29-23)17-13-35-25-16(17)6-5-7-18(25)27/h5-14H,1-4H3,(H,28,31). The number of aromatic nitrogens is 1. The van der Waals surface area contributed by atoms with E-state index >= 15 is 0 Å². The summed E-state index contributed by atoms with van der Waals surface area (Å²) in [4.78, 5) is 30.6. The predicted octanol–water partition coefficient (Wildman–Crippen LogP) is 5.13. The summed E-state index contributed by atoms with van der Waals surface area (Å²) in [5.74, 6) is -0.0365. The maximum Gasteiger partial charge on any atom is 0.252 e. The number of fused-ring (bicyclic) bond motifs is 1. The van der Waals surface area contributed by atoms with E-state index in [1.54, 1.807) is 42.6 Å². The summed E-state index contributed by atoms with van der Waals surface area (Å²) >= 11 is 1.27. The number of halogens is 1. The van der Waals surface area contributed by atoms with Crippen molar-refractivity contribution in [1.29, 1.82) is 0 Å². The Labute approximate surface area is 205 Å². The molecule has 4 aromatic rings. The molecule has 9 heteroatoms. The predicted molar refractivity (Wildman–Crippen MR) is 132 cm³/mol. The molecule has 4 rings (SSSR count). The van der Waals surface area contributed by atoms with Gasteiger partial charge in [0.25, 0.3) is 5.91 Å². The van der Waals surface area contributed by atoms with E-state index in [2.05, 4.69) is 10.3 Å². The molecule has 2 aromatic carbocycles. The van der Waals surface area contributed by atoms with Gasteiger partial charge in [-0.15, -0.1) is 11.3 Å². The van der Waals surface area contributed by atoms with Crippen LogP contribution in [0.2, 0.25) is 0 Å². The summed E-state index contributed by atoms with van der Waals surface area (Å²) < 4.78 is 30.5. The van der Waals surface area contributed by atoms with Crippen molar-refractivity contribution < 1.29 is 28.2 Å². The van der Waals surface area contributed by atoms with Gasteiger partial charge in [0.1, 0.15) is 11.6 Å². The van der Waals surface area contributed by atoms with Crippen molar-refractivity contribution in [3.05, 3.63) is 71.0 Å². The van der Waals surface area contributed by atoms with Gasteiger partial charge in [-0.3, -0.25) is 9.59 Å². The van der Waals surface area contributed by atoms with Crippen molar-refractivity contribution in [3.8, 4) is 28.5 Å². The summed E-state index contributed by atoms with van der Waals surface area (Å²) in [7, 11) is 4.42. The van der Waals surface area contributed by atoms with Crippen LogP contribution in [0, 0.1) is 5.82 Å². The van der Waals surface area contributed by atoms with Crippen LogP contribution >= 0.6 is 11.3 Å². The molecule has 0 saturated carbocycles. The zero-order valence-electron chi connectivity index (χ0n) is 19.5. The molecule has 1 amide bonds. The first-order valence-corrected chi connectivity index (χ1v) is 11.5. The largest absolute Gasteiger partial charge is 0.494 e. The van der Waals surface area contributed by atoms with Gasteiger partial charge in [0, 0.05) is 21.9 Å². The molecule has 0 fully saturated rings. The molecule has 7 nitrogen and oxygen atoms in total. The van der Waals surface area contributed by atoms with Crippen LogP contribution in [-0.2, 0) is 0 Å². The van der Waals surface area contributed by atoms with Gasteiger partial charge in [-0.25, -0.2) is 9.37 Å². The van der Waals surface area contributed by atoms with Crippen LogP contribution in [0.3, 0.4) is 0 Å². The van der Waals surface area contributed by atoms with E-state index in [0.717, 1.165) is 0 Å². The van der Waals surface area contributed by atoms with Crippen LogP contribution in [-0.4, -0.2) is 44.0 Å². The van der Waals surface area contributed by atoms with Crippen molar-refractivity contribution in [1.82, 2.24) is 10.3 Å². The van der Waals surface area contributed by atoms with E-state index in [0.29, 0.717) is 38.4 Å². The fraction of sp³-hybridized carbons (Fsp3) is 0.192. The average Bonchev–Trinajstić information content (AvgIpc) is 3.32. The molecule has 0 aliphatic heterocycles. The Bertz CT molecular complexity index is 1420. The number of amides is 1. The van der Waals surface area contributed by atoms with Crippen LogP contribution in [0.25, 0.3) is 21.3 Å². The van der Waals surface area contributed by atoms with Crippen LogP contribution in [0.15, 0.2) is 53.9 Å². The number of rotatable bonds is 8.